The van der Waals surface area contributed by atoms with Gasteiger partial charge in [0.2, 0.25) is 0 Å². The first-order chi connectivity index (χ1) is 10.6. The number of benzene rings is 2. The molecule has 2 aromatic carbocycles. The van der Waals surface area contributed by atoms with Gasteiger partial charge in [-0.05, 0) is 47.0 Å². The molecule has 3 aromatic rings. The average Bonchev–Trinajstić information content (AvgIpc) is 2.89. The van der Waals surface area contributed by atoms with E-state index in [1.54, 1.807) is 17.4 Å². The summed E-state index contributed by atoms with van der Waals surface area (Å²) < 4.78 is 7.07. The van der Waals surface area contributed by atoms with Crippen LogP contribution >= 0.6 is 46.1 Å². The predicted octanol–water partition coefficient (Wildman–Crippen LogP) is 7.14. The lowest BCUT2D eigenvalue weighted by molar-refractivity contribution is 0.0535. The van der Waals surface area contributed by atoms with Gasteiger partial charge in [0.25, 0.3) is 0 Å². The van der Waals surface area contributed by atoms with Crippen LogP contribution < -0.4 is 0 Å². The first kappa shape index (κ1) is 16.1. The number of halogens is 3. The normalized spacial score (nSPS) is 12.7. The van der Waals surface area contributed by atoms with Gasteiger partial charge in [-0.1, -0.05) is 53.0 Å². The summed E-state index contributed by atoms with van der Waals surface area (Å²) in [6.45, 7) is 2.50. The third-order valence-corrected chi connectivity index (χ3v) is 5.59. The number of rotatable bonds is 4. The maximum absolute atomic E-state index is 6.22. The minimum absolute atomic E-state index is 0.112. The Labute approximate surface area is 148 Å². The summed E-state index contributed by atoms with van der Waals surface area (Å²) >= 11 is 20.0. The van der Waals surface area contributed by atoms with Crippen LogP contribution in [0.2, 0.25) is 15.1 Å². The van der Waals surface area contributed by atoms with Gasteiger partial charge in [-0.3, -0.25) is 0 Å². The molecule has 5 heteroatoms. The van der Waals surface area contributed by atoms with Crippen LogP contribution in [-0.4, -0.2) is 0 Å². The molecule has 0 spiro atoms. The standard InChI is InChI=1S/C17H13Cl3OS/c1-10(13-6-5-12(18)7-16(13)20)21-8-11-9-22-17-14(11)3-2-4-15(17)19/h2-7,9-10H,8H2,1H3. The summed E-state index contributed by atoms with van der Waals surface area (Å²) in [6, 6.07) is 11.4. The zero-order chi connectivity index (χ0) is 15.7. The number of hydrogen-bond donors (Lipinski definition) is 0. The van der Waals surface area contributed by atoms with E-state index in [0.29, 0.717) is 16.7 Å². The van der Waals surface area contributed by atoms with E-state index >= 15 is 0 Å². The van der Waals surface area contributed by atoms with Gasteiger partial charge in [0.1, 0.15) is 0 Å². The van der Waals surface area contributed by atoms with E-state index in [1.807, 2.05) is 31.2 Å². The van der Waals surface area contributed by atoms with Crippen LogP contribution in [0.1, 0.15) is 24.2 Å². The Hall–Kier alpha value is -0.770. The third-order valence-electron chi connectivity index (χ3n) is 3.52. The highest BCUT2D eigenvalue weighted by atomic mass is 35.5. The van der Waals surface area contributed by atoms with Gasteiger partial charge in [-0.2, -0.15) is 0 Å². The van der Waals surface area contributed by atoms with E-state index in [0.717, 1.165) is 26.2 Å². The second-order valence-corrected chi connectivity index (χ2v) is 7.13. The van der Waals surface area contributed by atoms with Crippen LogP contribution in [0, 0.1) is 0 Å². The van der Waals surface area contributed by atoms with Crippen molar-refractivity contribution in [1.29, 1.82) is 0 Å². The predicted molar refractivity (Wildman–Crippen MR) is 96.5 cm³/mol. The fourth-order valence-corrected chi connectivity index (χ4v) is 4.15. The lowest BCUT2D eigenvalue weighted by atomic mass is 10.1. The molecule has 1 heterocycles. The molecule has 0 aliphatic carbocycles. The molecule has 22 heavy (non-hydrogen) atoms. The molecule has 3 rings (SSSR count). The largest absolute Gasteiger partial charge is 0.369 e. The Morgan fingerprint density at radius 2 is 1.91 bits per heavy atom. The molecule has 0 saturated carbocycles. The van der Waals surface area contributed by atoms with Crippen LogP contribution in [-0.2, 0) is 11.3 Å². The zero-order valence-electron chi connectivity index (χ0n) is 11.8. The average molecular weight is 372 g/mol. The summed E-state index contributed by atoms with van der Waals surface area (Å²) in [6.07, 6.45) is -0.112. The van der Waals surface area contributed by atoms with Gasteiger partial charge in [0, 0.05) is 10.0 Å². The molecule has 0 aliphatic heterocycles. The Balaban J connectivity index is 1.77. The highest BCUT2D eigenvalue weighted by Gasteiger charge is 2.13. The Morgan fingerprint density at radius 1 is 1.09 bits per heavy atom. The molecule has 1 aromatic heterocycles. The topological polar surface area (TPSA) is 9.23 Å². The van der Waals surface area contributed by atoms with Crippen LogP contribution in [0.3, 0.4) is 0 Å². The minimum Gasteiger partial charge on any atom is -0.369 e. The Kier molecular flexibility index (Phi) is 4.96. The smallest absolute Gasteiger partial charge is 0.0815 e. The molecule has 0 saturated heterocycles. The van der Waals surface area contributed by atoms with Crippen molar-refractivity contribution in [3.8, 4) is 0 Å². The monoisotopic (exact) mass is 370 g/mol. The Bertz CT molecular complexity index is 813. The van der Waals surface area contributed by atoms with Crippen molar-refractivity contribution in [2.75, 3.05) is 0 Å². The van der Waals surface area contributed by atoms with Gasteiger partial charge < -0.3 is 4.74 Å². The molecule has 0 radical (unpaired) electrons. The SMILES string of the molecule is CC(OCc1csc2c(Cl)cccc12)c1ccc(Cl)cc1Cl. The highest BCUT2D eigenvalue weighted by Crippen LogP contribution is 2.34. The minimum atomic E-state index is -0.112. The molecule has 0 fully saturated rings. The molecule has 1 unspecified atom stereocenters. The first-order valence-corrected chi connectivity index (χ1v) is 8.79. The van der Waals surface area contributed by atoms with Crippen LogP contribution in [0.5, 0.6) is 0 Å². The van der Waals surface area contributed by atoms with E-state index in [4.69, 9.17) is 39.5 Å². The summed E-state index contributed by atoms with van der Waals surface area (Å²) in [5, 5.41) is 5.26. The maximum Gasteiger partial charge on any atom is 0.0815 e. The Morgan fingerprint density at radius 3 is 2.68 bits per heavy atom. The molecular formula is C17H13Cl3OS. The fourth-order valence-electron chi connectivity index (χ4n) is 2.32. The number of hydrogen-bond acceptors (Lipinski definition) is 2. The lowest BCUT2D eigenvalue weighted by Gasteiger charge is -2.15. The van der Waals surface area contributed by atoms with Gasteiger partial charge >= 0.3 is 0 Å². The molecule has 0 bridgehead atoms. The quantitative estimate of drug-likeness (QED) is 0.473. The highest BCUT2D eigenvalue weighted by molar-refractivity contribution is 7.18. The van der Waals surface area contributed by atoms with Crippen LogP contribution in [0.4, 0.5) is 0 Å². The first-order valence-electron chi connectivity index (χ1n) is 6.77. The van der Waals surface area contributed by atoms with E-state index < -0.39 is 0 Å². The van der Waals surface area contributed by atoms with E-state index in [2.05, 4.69) is 11.4 Å². The molecule has 0 N–H and O–H groups in total. The van der Waals surface area contributed by atoms with Gasteiger partial charge in [-0.15, -0.1) is 11.3 Å². The molecular weight excluding hydrogens is 359 g/mol. The van der Waals surface area contributed by atoms with E-state index in [-0.39, 0.29) is 6.10 Å². The van der Waals surface area contributed by atoms with Crippen molar-refractivity contribution >= 4 is 56.2 Å². The zero-order valence-corrected chi connectivity index (χ0v) is 14.9. The molecule has 1 nitrogen and oxygen atoms in total. The van der Waals surface area contributed by atoms with E-state index in [1.165, 1.54) is 0 Å². The second kappa shape index (κ2) is 6.77. The molecule has 0 amide bonds. The molecule has 114 valence electrons. The second-order valence-electron chi connectivity index (χ2n) is 5.00. The number of ether oxygens (including phenoxy) is 1. The molecule has 1 atom stereocenters. The van der Waals surface area contributed by atoms with Gasteiger partial charge in [0.15, 0.2) is 0 Å². The van der Waals surface area contributed by atoms with Crippen LogP contribution in [0.25, 0.3) is 10.1 Å². The van der Waals surface area contributed by atoms with Crippen molar-refractivity contribution in [2.45, 2.75) is 19.6 Å². The summed E-state index contributed by atoms with van der Waals surface area (Å²) in [5.74, 6) is 0. The van der Waals surface area contributed by atoms with Gasteiger partial charge in [0.05, 0.1) is 22.4 Å². The van der Waals surface area contributed by atoms with Crippen molar-refractivity contribution in [3.05, 3.63) is 68.0 Å². The maximum atomic E-state index is 6.22. The number of fused-ring (bicyclic) bond motifs is 1. The fraction of sp³-hybridized carbons (Fsp3) is 0.176. The van der Waals surface area contributed by atoms with Crippen molar-refractivity contribution in [2.24, 2.45) is 0 Å². The van der Waals surface area contributed by atoms with Crippen LogP contribution in [0.15, 0.2) is 41.8 Å². The summed E-state index contributed by atoms with van der Waals surface area (Å²) in [5.41, 5.74) is 2.07. The summed E-state index contributed by atoms with van der Waals surface area (Å²) in [7, 11) is 0. The van der Waals surface area contributed by atoms with Gasteiger partial charge in [-0.25, -0.2) is 0 Å². The third kappa shape index (κ3) is 3.27. The summed E-state index contributed by atoms with van der Waals surface area (Å²) in [4.78, 5) is 0. The van der Waals surface area contributed by atoms with Crippen molar-refractivity contribution < 1.29 is 4.74 Å². The van der Waals surface area contributed by atoms with E-state index in [9.17, 15) is 0 Å². The number of thiophene rings is 1. The lowest BCUT2D eigenvalue weighted by Crippen LogP contribution is -2.01. The van der Waals surface area contributed by atoms with Crippen molar-refractivity contribution in [3.63, 3.8) is 0 Å². The van der Waals surface area contributed by atoms with Crippen molar-refractivity contribution in [1.82, 2.24) is 0 Å². The molecule has 0 aliphatic rings.